The number of rotatable bonds is 6. The van der Waals surface area contributed by atoms with Crippen molar-refractivity contribution in [1.82, 2.24) is 5.32 Å². The number of nitrogens with one attached hydrogen (secondary N) is 1. The third-order valence-corrected chi connectivity index (χ3v) is 2.28. The van der Waals surface area contributed by atoms with Gasteiger partial charge in [0, 0.05) is 31.1 Å². The fourth-order valence-corrected chi connectivity index (χ4v) is 1.40. The maximum atomic E-state index is 11.7. The molecule has 0 saturated carbocycles. The van der Waals surface area contributed by atoms with Crippen molar-refractivity contribution >= 4 is 17.3 Å². The van der Waals surface area contributed by atoms with Crippen LogP contribution in [0.2, 0.25) is 0 Å². The Morgan fingerprint density at radius 3 is 2.82 bits per heavy atom. The average Bonchev–Trinajstić information content (AvgIpc) is 2.28. The van der Waals surface area contributed by atoms with Crippen LogP contribution in [-0.4, -0.2) is 25.7 Å². The molecule has 94 valence electrons. The molecule has 0 heterocycles. The van der Waals surface area contributed by atoms with Gasteiger partial charge in [-0.15, -0.1) is 0 Å². The van der Waals surface area contributed by atoms with E-state index in [1.807, 2.05) is 6.92 Å². The lowest BCUT2D eigenvalue weighted by atomic mass is 10.1. The van der Waals surface area contributed by atoms with Crippen molar-refractivity contribution in [3.8, 4) is 0 Å². The first-order chi connectivity index (χ1) is 8.15. The monoisotopic (exact) mass is 237 g/mol. The Morgan fingerprint density at radius 2 is 2.18 bits per heavy atom. The lowest BCUT2D eigenvalue weighted by Gasteiger charge is -2.08. The predicted octanol–water partition coefficient (Wildman–Crippen LogP) is 1.01. The van der Waals surface area contributed by atoms with Gasteiger partial charge < -0.3 is 21.5 Å². The van der Waals surface area contributed by atoms with Crippen LogP contribution in [0.3, 0.4) is 0 Å². The molecule has 5 N–H and O–H groups in total. The molecule has 1 rings (SSSR count). The zero-order valence-corrected chi connectivity index (χ0v) is 10.0. The summed E-state index contributed by atoms with van der Waals surface area (Å²) in [5.74, 6) is -0.181. The molecule has 0 spiro atoms. The van der Waals surface area contributed by atoms with Crippen LogP contribution in [0.4, 0.5) is 11.4 Å². The van der Waals surface area contributed by atoms with E-state index in [0.29, 0.717) is 36.7 Å². The summed E-state index contributed by atoms with van der Waals surface area (Å²) in [6.45, 7) is 3.85. The molecule has 0 aliphatic heterocycles. The van der Waals surface area contributed by atoms with Crippen molar-refractivity contribution in [1.29, 1.82) is 0 Å². The van der Waals surface area contributed by atoms with Gasteiger partial charge in [-0.2, -0.15) is 0 Å². The van der Waals surface area contributed by atoms with E-state index < -0.39 is 0 Å². The number of hydrogen-bond acceptors (Lipinski definition) is 4. The Hall–Kier alpha value is -1.75. The summed E-state index contributed by atoms with van der Waals surface area (Å²) < 4.78 is 5.17. The molecule has 0 unspecified atom stereocenters. The Balaban J connectivity index is 2.42. The highest BCUT2D eigenvalue weighted by Gasteiger charge is 2.08. The number of amides is 1. The standard InChI is InChI=1S/C12H19N3O2/c1-2-17-7-3-6-15-12(16)10-5-4-9(13)8-11(10)14/h4-5,8H,2-3,6-7,13-14H2,1H3,(H,15,16). The van der Waals surface area contributed by atoms with Gasteiger partial charge in [0.2, 0.25) is 0 Å². The smallest absolute Gasteiger partial charge is 0.253 e. The molecule has 5 nitrogen and oxygen atoms in total. The average molecular weight is 237 g/mol. The van der Waals surface area contributed by atoms with Crippen LogP contribution in [0.25, 0.3) is 0 Å². The van der Waals surface area contributed by atoms with Crippen LogP contribution in [0.15, 0.2) is 18.2 Å². The molecule has 0 aliphatic rings. The van der Waals surface area contributed by atoms with Crippen LogP contribution >= 0.6 is 0 Å². The van der Waals surface area contributed by atoms with E-state index in [1.54, 1.807) is 18.2 Å². The second-order valence-electron chi connectivity index (χ2n) is 3.65. The summed E-state index contributed by atoms with van der Waals surface area (Å²) in [6.07, 6.45) is 0.786. The van der Waals surface area contributed by atoms with Crippen LogP contribution in [0, 0.1) is 0 Å². The van der Waals surface area contributed by atoms with Crippen LogP contribution < -0.4 is 16.8 Å². The van der Waals surface area contributed by atoms with Gasteiger partial charge >= 0.3 is 0 Å². The summed E-state index contributed by atoms with van der Waals surface area (Å²) >= 11 is 0. The zero-order valence-electron chi connectivity index (χ0n) is 10.0. The first-order valence-corrected chi connectivity index (χ1v) is 5.66. The van der Waals surface area contributed by atoms with E-state index in [0.717, 1.165) is 6.42 Å². The normalized spacial score (nSPS) is 10.2. The van der Waals surface area contributed by atoms with E-state index in [1.165, 1.54) is 0 Å². The van der Waals surface area contributed by atoms with Crippen molar-refractivity contribution in [2.45, 2.75) is 13.3 Å². The second-order valence-corrected chi connectivity index (χ2v) is 3.65. The number of benzene rings is 1. The van der Waals surface area contributed by atoms with Gasteiger partial charge in [-0.3, -0.25) is 4.79 Å². The Kier molecular flexibility index (Phi) is 5.29. The molecule has 0 bridgehead atoms. The Bertz CT molecular complexity index is 380. The molecular formula is C12H19N3O2. The van der Waals surface area contributed by atoms with Gasteiger partial charge in [0.15, 0.2) is 0 Å². The SMILES string of the molecule is CCOCCCNC(=O)c1ccc(N)cc1N. The summed E-state index contributed by atoms with van der Waals surface area (Å²) in [5.41, 5.74) is 12.7. The molecule has 0 atom stereocenters. The maximum Gasteiger partial charge on any atom is 0.253 e. The van der Waals surface area contributed by atoms with Crippen molar-refractivity contribution in [3.05, 3.63) is 23.8 Å². The van der Waals surface area contributed by atoms with E-state index in [9.17, 15) is 4.79 Å². The van der Waals surface area contributed by atoms with Gasteiger partial charge in [0.25, 0.3) is 5.91 Å². The van der Waals surface area contributed by atoms with Crippen LogP contribution in [0.1, 0.15) is 23.7 Å². The van der Waals surface area contributed by atoms with E-state index in [2.05, 4.69) is 5.32 Å². The molecule has 0 fully saturated rings. The molecule has 1 aromatic carbocycles. The number of hydrogen-bond donors (Lipinski definition) is 3. The summed E-state index contributed by atoms with van der Waals surface area (Å²) in [4.78, 5) is 11.7. The zero-order chi connectivity index (χ0) is 12.7. The lowest BCUT2D eigenvalue weighted by Crippen LogP contribution is -2.26. The van der Waals surface area contributed by atoms with Crippen molar-refractivity contribution < 1.29 is 9.53 Å². The van der Waals surface area contributed by atoms with Gasteiger partial charge in [-0.1, -0.05) is 0 Å². The molecular weight excluding hydrogens is 218 g/mol. The number of anilines is 2. The molecule has 17 heavy (non-hydrogen) atoms. The van der Waals surface area contributed by atoms with Gasteiger partial charge in [-0.25, -0.2) is 0 Å². The van der Waals surface area contributed by atoms with Crippen molar-refractivity contribution in [2.24, 2.45) is 0 Å². The molecule has 5 heteroatoms. The van der Waals surface area contributed by atoms with E-state index in [-0.39, 0.29) is 5.91 Å². The number of nitrogens with two attached hydrogens (primary N) is 2. The summed E-state index contributed by atoms with van der Waals surface area (Å²) in [6, 6.07) is 4.86. The highest BCUT2D eigenvalue weighted by Crippen LogP contribution is 2.15. The molecule has 1 aromatic rings. The quantitative estimate of drug-likeness (QED) is 0.508. The Morgan fingerprint density at radius 1 is 1.41 bits per heavy atom. The van der Waals surface area contributed by atoms with E-state index in [4.69, 9.17) is 16.2 Å². The Labute approximate surface area is 101 Å². The third kappa shape index (κ3) is 4.32. The predicted molar refractivity (Wildman–Crippen MR) is 68.7 cm³/mol. The minimum Gasteiger partial charge on any atom is -0.399 e. The molecule has 0 aliphatic carbocycles. The van der Waals surface area contributed by atoms with Crippen molar-refractivity contribution in [2.75, 3.05) is 31.2 Å². The van der Waals surface area contributed by atoms with Gasteiger partial charge in [0.1, 0.15) is 0 Å². The molecule has 0 radical (unpaired) electrons. The minimum atomic E-state index is -0.181. The van der Waals surface area contributed by atoms with Crippen LogP contribution in [-0.2, 0) is 4.74 Å². The highest BCUT2D eigenvalue weighted by molar-refractivity contribution is 5.99. The largest absolute Gasteiger partial charge is 0.399 e. The first-order valence-electron chi connectivity index (χ1n) is 5.66. The molecule has 0 saturated heterocycles. The number of ether oxygens (including phenoxy) is 1. The molecule has 1 amide bonds. The first kappa shape index (κ1) is 13.3. The van der Waals surface area contributed by atoms with Gasteiger partial charge in [0.05, 0.1) is 5.56 Å². The lowest BCUT2D eigenvalue weighted by molar-refractivity contribution is 0.0945. The summed E-state index contributed by atoms with van der Waals surface area (Å²) in [5, 5.41) is 2.78. The third-order valence-electron chi connectivity index (χ3n) is 2.28. The van der Waals surface area contributed by atoms with Gasteiger partial charge in [-0.05, 0) is 31.5 Å². The molecule has 0 aromatic heterocycles. The van der Waals surface area contributed by atoms with E-state index >= 15 is 0 Å². The second kappa shape index (κ2) is 6.75. The number of carbonyl (C=O) groups excluding carboxylic acids is 1. The fraction of sp³-hybridized carbons (Fsp3) is 0.417. The van der Waals surface area contributed by atoms with Crippen molar-refractivity contribution in [3.63, 3.8) is 0 Å². The fourth-order valence-electron chi connectivity index (χ4n) is 1.40. The number of nitrogen functional groups attached to an aromatic ring is 2. The number of carbonyl (C=O) groups is 1. The summed E-state index contributed by atoms with van der Waals surface area (Å²) in [7, 11) is 0. The topological polar surface area (TPSA) is 90.4 Å². The minimum absolute atomic E-state index is 0.181. The maximum absolute atomic E-state index is 11.7. The van der Waals surface area contributed by atoms with Crippen LogP contribution in [0.5, 0.6) is 0 Å². The highest BCUT2D eigenvalue weighted by atomic mass is 16.5.